The molecule has 2 aromatic rings. The van der Waals surface area contributed by atoms with Crippen LogP contribution in [0.1, 0.15) is 12.8 Å². The van der Waals surface area contributed by atoms with Gasteiger partial charge in [-0.05, 0) is 18.9 Å². The highest BCUT2D eigenvalue weighted by Gasteiger charge is 2.34. The molecule has 1 N–H and O–H groups in total. The van der Waals surface area contributed by atoms with E-state index in [2.05, 4.69) is 14.9 Å². The SMILES string of the molecule is Cn1c(=O)[nH]c(=O)c2c(N3CCN(C(=O)C4CC4)CC3)ccnc21. The number of amides is 1. The summed E-state index contributed by atoms with van der Waals surface area (Å²) in [5, 5.41) is 0.418. The lowest BCUT2D eigenvalue weighted by Gasteiger charge is -2.36. The van der Waals surface area contributed by atoms with E-state index in [4.69, 9.17) is 0 Å². The van der Waals surface area contributed by atoms with Crippen molar-refractivity contribution in [3.8, 4) is 0 Å². The third kappa shape index (κ3) is 2.38. The number of hydrogen-bond donors (Lipinski definition) is 1. The molecule has 2 aliphatic rings. The zero-order valence-corrected chi connectivity index (χ0v) is 13.5. The second-order valence-electron chi connectivity index (χ2n) is 6.43. The predicted molar refractivity (Wildman–Crippen MR) is 89.1 cm³/mol. The molecule has 2 fully saturated rings. The zero-order valence-electron chi connectivity index (χ0n) is 13.5. The number of aromatic nitrogens is 3. The maximum Gasteiger partial charge on any atom is 0.329 e. The minimum Gasteiger partial charge on any atom is -0.367 e. The number of nitrogens with zero attached hydrogens (tertiary/aromatic N) is 4. The van der Waals surface area contributed by atoms with Gasteiger partial charge in [-0.1, -0.05) is 0 Å². The van der Waals surface area contributed by atoms with Crippen molar-refractivity contribution in [1.82, 2.24) is 19.4 Å². The number of anilines is 1. The average Bonchev–Trinajstić information content (AvgIpc) is 3.44. The smallest absolute Gasteiger partial charge is 0.329 e. The van der Waals surface area contributed by atoms with E-state index >= 15 is 0 Å². The zero-order chi connectivity index (χ0) is 16.8. The molecule has 2 aromatic heterocycles. The van der Waals surface area contributed by atoms with Gasteiger partial charge in [0.05, 0.1) is 5.69 Å². The first kappa shape index (κ1) is 14.9. The average molecular weight is 329 g/mol. The van der Waals surface area contributed by atoms with Crippen LogP contribution in [0.2, 0.25) is 0 Å². The van der Waals surface area contributed by atoms with E-state index in [0.717, 1.165) is 18.5 Å². The Bertz CT molecular complexity index is 919. The Labute approximate surface area is 137 Å². The topological polar surface area (TPSA) is 91.3 Å². The maximum absolute atomic E-state index is 12.3. The molecule has 0 unspecified atom stereocenters. The quantitative estimate of drug-likeness (QED) is 0.815. The van der Waals surface area contributed by atoms with Crippen molar-refractivity contribution >= 4 is 22.6 Å². The van der Waals surface area contributed by atoms with Gasteiger partial charge in [0.15, 0.2) is 5.65 Å². The van der Waals surface area contributed by atoms with Gasteiger partial charge in [-0.2, -0.15) is 0 Å². The van der Waals surface area contributed by atoms with Gasteiger partial charge in [0, 0.05) is 45.3 Å². The fourth-order valence-electron chi connectivity index (χ4n) is 3.27. The Balaban J connectivity index is 1.66. The Morgan fingerprint density at radius 2 is 1.92 bits per heavy atom. The summed E-state index contributed by atoms with van der Waals surface area (Å²) in [6, 6.07) is 1.79. The summed E-state index contributed by atoms with van der Waals surface area (Å²) in [5.74, 6) is 0.491. The van der Waals surface area contributed by atoms with Crippen LogP contribution in [0, 0.1) is 5.92 Å². The Morgan fingerprint density at radius 1 is 1.21 bits per heavy atom. The summed E-state index contributed by atoms with van der Waals surface area (Å²) in [7, 11) is 1.59. The van der Waals surface area contributed by atoms with Crippen LogP contribution in [-0.4, -0.2) is 51.5 Å². The molecule has 3 heterocycles. The van der Waals surface area contributed by atoms with E-state index in [1.807, 2.05) is 4.90 Å². The van der Waals surface area contributed by atoms with Crippen molar-refractivity contribution in [3.05, 3.63) is 33.1 Å². The Morgan fingerprint density at radius 3 is 2.58 bits per heavy atom. The number of carbonyl (C=O) groups excluding carboxylic acids is 1. The molecule has 0 atom stereocenters. The molecular weight excluding hydrogens is 310 g/mol. The molecule has 24 heavy (non-hydrogen) atoms. The third-order valence-electron chi connectivity index (χ3n) is 4.84. The van der Waals surface area contributed by atoms with Gasteiger partial charge >= 0.3 is 5.69 Å². The van der Waals surface area contributed by atoms with Gasteiger partial charge in [-0.25, -0.2) is 9.78 Å². The molecule has 0 radical (unpaired) electrons. The molecule has 1 aliphatic carbocycles. The van der Waals surface area contributed by atoms with Crippen LogP contribution in [0.15, 0.2) is 21.9 Å². The van der Waals surface area contributed by atoms with Crippen molar-refractivity contribution in [2.45, 2.75) is 12.8 Å². The highest BCUT2D eigenvalue weighted by Crippen LogP contribution is 2.31. The van der Waals surface area contributed by atoms with E-state index in [0.29, 0.717) is 37.2 Å². The summed E-state index contributed by atoms with van der Waals surface area (Å²) < 4.78 is 1.34. The molecule has 8 heteroatoms. The number of rotatable bonds is 2. The third-order valence-corrected chi connectivity index (χ3v) is 4.84. The minimum atomic E-state index is -0.475. The second kappa shape index (κ2) is 5.47. The van der Waals surface area contributed by atoms with Crippen LogP contribution in [0.25, 0.3) is 11.0 Å². The Hall–Kier alpha value is -2.64. The molecule has 1 saturated heterocycles. The molecule has 0 aromatic carbocycles. The number of fused-ring (bicyclic) bond motifs is 1. The van der Waals surface area contributed by atoms with Gasteiger partial charge in [-0.15, -0.1) is 0 Å². The van der Waals surface area contributed by atoms with Crippen molar-refractivity contribution in [2.24, 2.45) is 13.0 Å². The van der Waals surface area contributed by atoms with Gasteiger partial charge < -0.3 is 9.80 Å². The Kier molecular flexibility index (Phi) is 3.40. The summed E-state index contributed by atoms with van der Waals surface area (Å²) in [5.41, 5.74) is 0.234. The number of hydrogen-bond acceptors (Lipinski definition) is 5. The van der Waals surface area contributed by atoms with Crippen LogP contribution >= 0.6 is 0 Å². The van der Waals surface area contributed by atoms with Crippen LogP contribution in [0.5, 0.6) is 0 Å². The van der Waals surface area contributed by atoms with Gasteiger partial charge in [-0.3, -0.25) is 19.1 Å². The van der Waals surface area contributed by atoms with Crippen LogP contribution in [-0.2, 0) is 11.8 Å². The maximum atomic E-state index is 12.3. The lowest BCUT2D eigenvalue weighted by molar-refractivity contribution is -0.132. The molecule has 0 bridgehead atoms. The van der Waals surface area contributed by atoms with E-state index < -0.39 is 11.2 Å². The number of aryl methyl sites for hydroxylation is 1. The largest absolute Gasteiger partial charge is 0.367 e. The second-order valence-corrected chi connectivity index (χ2v) is 6.43. The standard InChI is InChI=1S/C16H19N5O3/c1-19-13-12(14(22)18-16(19)24)11(4-5-17-13)20-6-8-21(9-7-20)15(23)10-2-3-10/h4-5,10H,2-3,6-9H2,1H3,(H,18,22,24). The first-order chi connectivity index (χ1) is 11.6. The monoisotopic (exact) mass is 329 g/mol. The van der Waals surface area contributed by atoms with Crippen molar-refractivity contribution < 1.29 is 4.79 Å². The summed E-state index contributed by atoms with van der Waals surface area (Å²) >= 11 is 0. The summed E-state index contributed by atoms with van der Waals surface area (Å²) in [4.78, 5) is 46.7. The van der Waals surface area contributed by atoms with Gasteiger partial charge in [0.2, 0.25) is 5.91 Å². The van der Waals surface area contributed by atoms with Gasteiger partial charge in [0.1, 0.15) is 5.39 Å². The van der Waals surface area contributed by atoms with Crippen molar-refractivity contribution in [3.63, 3.8) is 0 Å². The first-order valence-corrected chi connectivity index (χ1v) is 8.18. The normalized spacial score (nSPS) is 18.2. The van der Waals surface area contributed by atoms with Crippen LogP contribution in [0.3, 0.4) is 0 Å². The first-order valence-electron chi connectivity index (χ1n) is 8.18. The van der Waals surface area contributed by atoms with E-state index in [1.165, 1.54) is 4.57 Å². The van der Waals surface area contributed by atoms with E-state index in [1.54, 1.807) is 19.3 Å². The number of aromatic amines is 1. The number of carbonyl (C=O) groups is 1. The molecule has 1 saturated carbocycles. The fraction of sp³-hybridized carbons (Fsp3) is 0.500. The number of pyridine rings is 1. The lowest BCUT2D eigenvalue weighted by atomic mass is 10.2. The summed E-state index contributed by atoms with van der Waals surface area (Å²) in [6.07, 6.45) is 3.63. The molecule has 126 valence electrons. The number of H-pyrrole nitrogens is 1. The van der Waals surface area contributed by atoms with Crippen LogP contribution in [0.4, 0.5) is 5.69 Å². The van der Waals surface area contributed by atoms with Crippen LogP contribution < -0.4 is 16.1 Å². The number of piperazine rings is 1. The molecule has 1 aliphatic heterocycles. The molecule has 0 spiro atoms. The van der Waals surface area contributed by atoms with E-state index in [-0.39, 0.29) is 11.8 Å². The predicted octanol–water partition coefficient (Wildman–Crippen LogP) is -0.320. The fourth-order valence-corrected chi connectivity index (χ4v) is 3.27. The molecule has 4 rings (SSSR count). The van der Waals surface area contributed by atoms with Crippen molar-refractivity contribution in [1.29, 1.82) is 0 Å². The summed E-state index contributed by atoms with van der Waals surface area (Å²) in [6.45, 7) is 2.64. The van der Waals surface area contributed by atoms with E-state index in [9.17, 15) is 14.4 Å². The molecule has 1 amide bonds. The highest BCUT2D eigenvalue weighted by molar-refractivity contribution is 5.89. The highest BCUT2D eigenvalue weighted by atomic mass is 16.2. The lowest BCUT2D eigenvalue weighted by Crippen LogP contribution is -2.49. The minimum absolute atomic E-state index is 0.232. The molecule has 8 nitrogen and oxygen atoms in total. The molecular formula is C16H19N5O3. The van der Waals surface area contributed by atoms with Crippen molar-refractivity contribution in [2.75, 3.05) is 31.1 Å². The number of nitrogens with one attached hydrogen (secondary N) is 1. The van der Waals surface area contributed by atoms with Gasteiger partial charge in [0.25, 0.3) is 5.56 Å².